The van der Waals surface area contributed by atoms with Crippen molar-refractivity contribution in [2.75, 3.05) is 7.11 Å². The van der Waals surface area contributed by atoms with Gasteiger partial charge in [0.2, 0.25) is 0 Å². The maximum absolute atomic E-state index is 11.0. The van der Waals surface area contributed by atoms with Crippen LogP contribution in [0.5, 0.6) is 0 Å². The van der Waals surface area contributed by atoms with Crippen LogP contribution in [0.3, 0.4) is 0 Å². The summed E-state index contributed by atoms with van der Waals surface area (Å²) in [6, 6.07) is 0. The minimum Gasteiger partial charge on any atom is -0.379 e. The average Bonchev–Trinajstić information content (AvgIpc) is 1.89. The van der Waals surface area contributed by atoms with E-state index in [1.165, 1.54) is 0 Å². The van der Waals surface area contributed by atoms with Gasteiger partial charge in [0, 0.05) is 7.11 Å². The zero-order valence-electron chi connectivity index (χ0n) is 5.80. The molecule has 2 heteroatoms. The molecule has 0 amide bonds. The third-order valence-corrected chi connectivity index (χ3v) is 1.94. The lowest BCUT2D eigenvalue weighted by atomic mass is 9.95. The maximum atomic E-state index is 11.0. The van der Waals surface area contributed by atoms with E-state index in [4.69, 9.17) is 4.74 Å². The van der Waals surface area contributed by atoms with Crippen LogP contribution in [-0.4, -0.2) is 19.3 Å². The molecule has 1 rings (SSSR count). The van der Waals surface area contributed by atoms with Crippen molar-refractivity contribution in [1.29, 1.82) is 0 Å². The highest BCUT2D eigenvalue weighted by molar-refractivity contribution is 4.73. The lowest BCUT2D eigenvalue weighted by Crippen LogP contribution is -2.29. The minimum atomic E-state index is -0.455. The molecule has 2 atom stereocenters. The summed E-state index contributed by atoms with van der Waals surface area (Å²) < 4.78 is 4.99. The summed E-state index contributed by atoms with van der Waals surface area (Å²) in [6.45, 7) is 0. The third kappa shape index (κ3) is 1.66. The molecule has 2 unspecified atom stereocenters. The van der Waals surface area contributed by atoms with Crippen molar-refractivity contribution in [3.63, 3.8) is 0 Å². The van der Waals surface area contributed by atoms with Crippen molar-refractivity contribution >= 4 is 0 Å². The second-order valence-electron chi connectivity index (χ2n) is 2.60. The molecule has 1 aliphatic carbocycles. The van der Waals surface area contributed by atoms with Gasteiger partial charge in [0.25, 0.3) is 0 Å². The van der Waals surface area contributed by atoms with Crippen LogP contribution in [0.25, 0.3) is 0 Å². The van der Waals surface area contributed by atoms with E-state index in [0.717, 1.165) is 25.7 Å². The van der Waals surface area contributed by atoms with Gasteiger partial charge in [-0.15, -0.1) is 0 Å². The molecule has 0 N–H and O–H groups in total. The third-order valence-electron chi connectivity index (χ3n) is 1.94. The second kappa shape index (κ2) is 3.18. The Labute approximate surface area is 55.8 Å². The van der Waals surface area contributed by atoms with Gasteiger partial charge < -0.3 is 4.74 Å². The number of ether oxygens (including phenoxy) is 1. The van der Waals surface area contributed by atoms with Crippen LogP contribution in [0.1, 0.15) is 25.7 Å². The lowest BCUT2D eigenvalue weighted by molar-refractivity contribution is -0.0695. The fourth-order valence-corrected chi connectivity index (χ4v) is 1.33. The SMILES string of the molecule is COC1CCCCC1[O]. The predicted octanol–water partition coefficient (Wildman–Crippen LogP) is 1.37. The van der Waals surface area contributed by atoms with Crippen LogP contribution in [0.15, 0.2) is 0 Å². The summed E-state index contributed by atoms with van der Waals surface area (Å²) in [5.74, 6) is 0. The molecule has 0 heterocycles. The number of hydrogen-bond acceptors (Lipinski definition) is 1. The average molecular weight is 129 g/mol. The highest BCUT2D eigenvalue weighted by Crippen LogP contribution is 2.20. The maximum Gasteiger partial charge on any atom is 0.119 e. The Morgan fingerprint density at radius 1 is 1.33 bits per heavy atom. The highest BCUT2D eigenvalue weighted by Gasteiger charge is 2.23. The van der Waals surface area contributed by atoms with Gasteiger partial charge in [0.15, 0.2) is 0 Å². The van der Waals surface area contributed by atoms with Crippen molar-refractivity contribution in [3.05, 3.63) is 0 Å². The van der Waals surface area contributed by atoms with Crippen LogP contribution in [0.2, 0.25) is 0 Å². The van der Waals surface area contributed by atoms with E-state index in [2.05, 4.69) is 0 Å². The molecule has 9 heavy (non-hydrogen) atoms. The van der Waals surface area contributed by atoms with E-state index >= 15 is 0 Å². The molecule has 1 radical (unpaired) electrons. The topological polar surface area (TPSA) is 29.1 Å². The zero-order valence-corrected chi connectivity index (χ0v) is 5.80. The van der Waals surface area contributed by atoms with Gasteiger partial charge in [0.05, 0.1) is 6.10 Å². The van der Waals surface area contributed by atoms with Crippen molar-refractivity contribution in [1.82, 2.24) is 0 Å². The van der Waals surface area contributed by atoms with Crippen LogP contribution >= 0.6 is 0 Å². The van der Waals surface area contributed by atoms with Gasteiger partial charge >= 0.3 is 0 Å². The molecule has 0 saturated heterocycles. The Bertz CT molecular complexity index is 83.0. The van der Waals surface area contributed by atoms with Gasteiger partial charge in [-0.25, -0.2) is 5.11 Å². The van der Waals surface area contributed by atoms with E-state index in [1.807, 2.05) is 0 Å². The van der Waals surface area contributed by atoms with Crippen molar-refractivity contribution in [2.45, 2.75) is 37.9 Å². The first-order chi connectivity index (χ1) is 4.34. The molecule has 1 fully saturated rings. The van der Waals surface area contributed by atoms with Crippen LogP contribution < -0.4 is 0 Å². The van der Waals surface area contributed by atoms with Crippen molar-refractivity contribution in [3.8, 4) is 0 Å². The molecule has 0 aromatic carbocycles. The molecule has 0 aromatic heterocycles. The first kappa shape index (κ1) is 7.03. The van der Waals surface area contributed by atoms with Gasteiger partial charge in [-0.3, -0.25) is 0 Å². The molecule has 0 bridgehead atoms. The van der Waals surface area contributed by atoms with E-state index < -0.39 is 6.10 Å². The van der Waals surface area contributed by atoms with E-state index in [9.17, 15) is 5.11 Å². The van der Waals surface area contributed by atoms with Gasteiger partial charge in [0.1, 0.15) is 6.10 Å². The van der Waals surface area contributed by atoms with Gasteiger partial charge in [-0.2, -0.15) is 0 Å². The number of rotatable bonds is 1. The van der Waals surface area contributed by atoms with Crippen LogP contribution in [0, 0.1) is 0 Å². The normalized spacial score (nSPS) is 36.7. The minimum absolute atomic E-state index is 0.00116. The molecule has 1 aliphatic rings. The Morgan fingerprint density at radius 2 is 2.00 bits per heavy atom. The molecule has 2 nitrogen and oxygen atoms in total. The predicted molar refractivity (Wildman–Crippen MR) is 33.7 cm³/mol. The summed E-state index contributed by atoms with van der Waals surface area (Å²) in [7, 11) is 1.63. The standard InChI is InChI=1S/C7H13O2/c1-9-7-5-3-2-4-6(7)8/h6-7H,2-5H2,1H3. The molecule has 53 valence electrons. The van der Waals surface area contributed by atoms with Gasteiger partial charge in [-0.1, -0.05) is 12.8 Å². The molecule has 1 saturated carbocycles. The summed E-state index contributed by atoms with van der Waals surface area (Å²) in [5.41, 5.74) is 0. The Hall–Kier alpha value is -0.0800. The van der Waals surface area contributed by atoms with Gasteiger partial charge in [-0.05, 0) is 12.8 Å². The molecular formula is C7H13O2. The van der Waals surface area contributed by atoms with E-state index in [-0.39, 0.29) is 6.10 Å². The largest absolute Gasteiger partial charge is 0.379 e. The Kier molecular flexibility index (Phi) is 2.49. The summed E-state index contributed by atoms with van der Waals surface area (Å²) >= 11 is 0. The second-order valence-corrected chi connectivity index (χ2v) is 2.60. The first-order valence-corrected chi connectivity index (χ1v) is 3.53. The summed E-state index contributed by atoms with van der Waals surface area (Å²) in [5, 5.41) is 11.0. The first-order valence-electron chi connectivity index (χ1n) is 3.53. The van der Waals surface area contributed by atoms with Crippen LogP contribution in [0.4, 0.5) is 0 Å². The quantitative estimate of drug-likeness (QED) is 0.525. The van der Waals surface area contributed by atoms with Crippen molar-refractivity contribution < 1.29 is 9.84 Å². The summed E-state index contributed by atoms with van der Waals surface area (Å²) in [6.07, 6.45) is 3.57. The lowest BCUT2D eigenvalue weighted by Gasteiger charge is -2.23. The molecule has 0 aromatic rings. The molecule has 0 spiro atoms. The highest BCUT2D eigenvalue weighted by atomic mass is 16.5. The summed E-state index contributed by atoms with van der Waals surface area (Å²) in [4.78, 5) is 0. The monoisotopic (exact) mass is 129 g/mol. The number of methoxy groups -OCH3 is 1. The molecule has 0 aliphatic heterocycles. The fraction of sp³-hybridized carbons (Fsp3) is 1.00. The molecular weight excluding hydrogens is 116 g/mol. The Balaban J connectivity index is 2.30. The fourth-order valence-electron chi connectivity index (χ4n) is 1.33. The van der Waals surface area contributed by atoms with E-state index in [1.54, 1.807) is 7.11 Å². The smallest absolute Gasteiger partial charge is 0.119 e. The van der Waals surface area contributed by atoms with Crippen molar-refractivity contribution in [2.24, 2.45) is 0 Å². The zero-order chi connectivity index (χ0) is 6.69. The number of hydrogen-bond donors (Lipinski definition) is 0. The Morgan fingerprint density at radius 3 is 2.44 bits per heavy atom. The van der Waals surface area contributed by atoms with E-state index in [0.29, 0.717) is 0 Å². The van der Waals surface area contributed by atoms with Crippen LogP contribution in [-0.2, 0) is 9.84 Å².